The van der Waals surface area contributed by atoms with Crippen molar-refractivity contribution in [3.8, 4) is 10.6 Å². The Hall–Kier alpha value is -2.78. The van der Waals surface area contributed by atoms with Gasteiger partial charge in [0, 0.05) is 17.7 Å². The summed E-state index contributed by atoms with van der Waals surface area (Å²) >= 11 is 1.29. The molecule has 0 atom stereocenters. The van der Waals surface area contributed by atoms with Crippen molar-refractivity contribution in [1.82, 2.24) is 10.2 Å². The lowest BCUT2D eigenvalue weighted by atomic mass is 10.2. The van der Waals surface area contributed by atoms with Crippen molar-refractivity contribution in [3.05, 3.63) is 60.2 Å². The van der Waals surface area contributed by atoms with E-state index in [4.69, 9.17) is 0 Å². The van der Waals surface area contributed by atoms with E-state index in [1.165, 1.54) is 15.6 Å². The summed E-state index contributed by atoms with van der Waals surface area (Å²) < 4.78 is 25.6. The number of sulfonamides is 1. The van der Waals surface area contributed by atoms with Crippen molar-refractivity contribution in [1.29, 1.82) is 0 Å². The highest BCUT2D eigenvalue weighted by atomic mass is 32.2. The molecule has 0 fully saturated rings. The molecule has 1 aromatic heterocycles. The molecule has 0 aliphatic heterocycles. The van der Waals surface area contributed by atoms with Crippen LogP contribution in [-0.2, 0) is 10.0 Å². The van der Waals surface area contributed by atoms with Gasteiger partial charge in [-0.3, -0.25) is 14.4 Å². The molecule has 0 aliphatic carbocycles. The normalized spacial score (nSPS) is 11.2. The van der Waals surface area contributed by atoms with Crippen LogP contribution in [0.1, 0.15) is 24.2 Å². The van der Waals surface area contributed by atoms with Gasteiger partial charge in [-0.25, -0.2) is 8.42 Å². The van der Waals surface area contributed by atoms with Gasteiger partial charge in [-0.2, -0.15) is 0 Å². The first-order valence-electron chi connectivity index (χ1n) is 8.75. The first-order chi connectivity index (χ1) is 13.4. The first kappa shape index (κ1) is 20.0. The minimum atomic E-state index is -3.35. The fraction of sp³-hybridized carbons (Fsp3) is 0.211. The second-order valence-electron chi connectivity index (χ2n) is 5.84. The second kappa shape index (κ2) is 8.49. The average Bonchev–Trinajstić information content (AvgIpc) is 3.18. The molecule has 0 saturated carbocycles. The first-order valence-corrected chi connectivity index (χ1v) is 11.2. The van der Waals surface area contributed by atoms with Gasteiger partial charge in [0.2, 0.25) is 15.2 Å². The summed E-state index contributed by atoms with van der Waals surface area (Å²) in [6.07, 6.45) is 0. The van der Waals surface area contributed by atoms with Gasteiger partial charge in [0.15, 0.2) is 0 Å². The number of aromatic nitrogens is 2. The fourth-order valence-electron chi connectivity index (χ4n) is 2.62. The van der Waals surface area contributed by atoms with Crippen LogP contribution in [0.25, 0.3) is 10.6 Å². The minimum Gasteiger partial charge on any atom is -0.296 e. The molecular weight excluding hydrogens is 396 g/mol. The molecular formula is C19H20N4O3S2. The van der Waals surface area contributed by atoms with E-state index >= 15 is 0 Å². The summed E-state index contributed by atoms with van der Waals surface area (Å²) in [5.41, 5.74) is 1.87. The number of hydrogen-bond acceptors (Lipinski definition) is 6. The summed E-state index contributed by atoms with van der Waals surface area (Å²) in [7, 11) is -3.35. The molecule has 1 amide bonds. The standard InChI is InChI=1S/C19H20N4O3S2/c1-3-23(28(25,26)4-2)16-12-10-14(11-13-16)17(24)20-19-22-21-18(27-19)15-8-6-5-7-9-15/h5-13H,3-4H2,1-2H3,(H,20,22,24). The van der Waals surface area contributed by atoms with Crippen molar-refractivity contribution < 1.29 is 13.2 Å². The number of nitrogens with zero attached hydrogens (tertiary/aromatic N) is 3. The van der Waals surface area contributed by atoms with Crippen molar-refractivity contribution >= 4 is 38.1 Å². The number of hydrogen-bond donors (Lipinski definition) is 1. The lowest BCUT2D eigenvalue weighted by Crippen LogP contribution is -2.32. The summed E-state index contributed by atoms with van der Waals surface area (Å²) in [5, 5.41) is 12.0. The van der Waals surface area contributed by atoms with Gasteiger partial charge in [-0.05, 0) is 38.1 Å². The Morgan fingerprint density at radius 1 is 1.04 bits per heavy atom. The van der Waals surface area contributed by atoms with Gasteiger partial charge in [-0.15, -0.1) is 10.2 Å². The molecule has 0 saturated heterocycles. The molecule has 3 aromatic rings. The van der Waals surface area contributed by atoms with Crippen LogP contribution >= 0.6 is 11.3 Å². The predicted octanol–water partition coefficient (Wildman–Crippen LogP) is 3.63. The molecule has 9 heteroatoms. The molecule has 0 aliphatic rings. The lowest BCUT2D eigenvalue weighted by molar-refractivity contribution is 0.102. The molecule has 0 radical (unpaired) electrons. The summed E-state index contributed by atoms with van der Waals surface area (Å²) in [5.74, 6) is -0.312. The van der Waals surface area contributed by atoms with Gasteiger partial charge in [0.25, 0.3) is 5.91 Å². The van der Waals surface area contributed by atoms with E-state index in [0.717, 1.165) is 10.6 Å². The molecule has 3 rings (SSSR count). The monoisotopic (exact) mass is 416 g/mol. The summed E-state index contributed by atoms with van der Waals surface area (Å²) in [6, 6.07) is 16.0. The third-order valence-corrected chi connectivity index (χ3v) is 6.83. The van der Waals surface area contributed by atoms with E-state index in [2.05, 4.69) is 15.5 Å². The van der Waals surface area contributed by atoms with Crippen molar-refractivity contribution in [3.63, 3.8) is 0 Å². The Kier molecular flexibility index (Phi) is 6.05. The van der Waals surface area contributed by atoms with Gasteiger partial charge in [0.05, 0.1) is 11.4 Å². The number of carbonyl (C=O) groups excluding carboxylic acids is 1. The maximum atomic E-state index is 12.5. The Morgan fingerprint density at radius 3 is 2.32 bits per heavy atom. The zero-order valence-electron chi connectivity index (χ0n) is 15.5. The molecule has 1 heterocycles. The molecule has 0 unspecified atom stereocenters. The third kappa shape index (κ3) is 4.37. The van der Waals surface area contributed by atoms with Crippen molar-refractivity contribution in [2.24, 2.45) is 0 Å². The van der Waals surface area contributed by atoms with Crippen molar-refractivity contribution in [2.45, 2.75) is 13.8 Å². The molecule has 7 nitrogen and oxygen atoms in total. The van der Waals surface area contributed by atoms with Gasteiger partial charge in [-0.1, -0.05) is 41.7 Å². The molecule has 0 spiro atoms. The number of benzene rings is 2. The Morgan fingerprint density at radius 2 is 1.71 bits per heavy atom. The Labute approximate surface area is 168 Å². The molecule has 28 heavy (non-hydrogen) atoms. The number of anilines is 2. The number of rotatable bonds is 7. The van der Waals surface area contributed by atoms with Crippen LogP contribution in [0.15, 0.2) is 54.6 Å². The van der Waals surface area contributed by atoms with Crippen LogP contribution < -0.4 is 9.62 Å². The Balaban J connectivity index is 1.73. The van der Waals surface area contributed by atoms with E-state index < -0.39 is 10.0 Å². The number of nitrogens with one attached hydrogen (secondary N) is 1. The van der Waals surface area contributed by atoms with E-state index in [-0.39, 0.29) is 11.7 Å². The SMILES string of the molecule is CCN(c1ccc(C(=O)Nc2nnc(-c3ccccc3)s2)cc1)S(=O)(=O)CC. The van der Waals surface area contributed by atoms with E-state index in [9.17, 15) is 13.2 Å². The zero-order valence-corrected chi connectivity index (χ0v) is 17.1. The zero-order chi connectivity index (χ0) is 20.1. The highest BCUT2D eigenvalue weighted by Crippen LogP contribution is 2.26. The number of amides is 1. The highest BCUT2D eigenvalue weighted by molar-refractivity contribution is 7.92. The maximum Gasteiger partial charge on any atom is 0.257 e. The summed E-state index contributed by atoms with van der Waals surface area (Å²) in [4.78, 5) is 12.5. The van der Waals surface area contributed by atoms with Crippen LogP contribution in [0.2, 0.25) is 0 Å². The minimum absolute atomic E-state index is 0.0177. The lowest BCUT2D eigenvalue weighted by Gasteiger charge is -2.22. The second-order valence-corrected chi connectivity index (χ2v) is 9.00. The van der Waals surface area contributed by atoms with Gasteiger partial charge < -0.3 is 0 Å². The summed E-state index contributed by atoms with van der Waals surface area (Å²) in [6.45, 7) is 3.70. The van der Waals surface area contributed by atoms with Crippen LogP contribution in [0.4, 0.5) is 10.8 Å². The van der Waals surface area contributed by atoms with Crippen LogP contribution in [0.3, 0.4) is 0 Å². The topological polar surface area (TPSA) is 92.3 Å². The predicted molar refractivity (Wildman–Crippen MR) is 112 cm³/mol. The van der Waals surface area contributed by atoms with Crippen molar-refractivity contribution in [2.75, 3.05) is 21.9 Å². The van der Waals surface area contributed by atoms with Gasteiger partial charge >= 0.3 is 0 Å². The number of carbonyl (C=O) groups is 1. The molecule has 2 aromatic carbocycles. The highest BCUT2D eigenvalue weighted by Gasteiger charge is 2.19. The van der Waals surface area contributed by atoms with E-state index in [0.29, 0.717) is 22.9 Å². The molecule has 1 N–H and O–H groups in total. The third-order valence-electron chi connectivity index (χ3n) is 4.07. The van der Waals surface area contributed by atoms with E-state index in [1.54, 1.807) is 38.1 Å². The molecule has 0 bridgehead atoms. The Bertz CT molecular complexity index is 1050. The van der Waals surface area contributed by atoms with E-state index in [1.807, 2.05) is 30.3 Å². The average molecular weight is 417 g/mol. The maximum absolute atomic E-state index is 12.5. The van der Waals surface area contributed by atoms with Crippen LogP contribution in [0, 0.1) is 0 Å². The molecule has 146 valence electrons. The fourth-order valence-corrected chi connectivity index (χ4v) is 4.51. The quantitative estimate of drug-likeness (QED) is 0.635. The van der Waals surface area contributed by atoms with Gasteiger partial charge in [0.1, 0.15) is 5.01 Å². The van der Waals surface area contributed by atoms with Crippen LogP contribution in [0.5, 0.6) is 0 Å². The van der Waals surface area contributed by atoms with Crippen LogP contribution in [-0.4, -0.2) is 36.8 Å². The smallest absolute Gasteiger partial charge is 0.257 e. The largest absolute Gasteiger partial charge is 0.296 e.